The minimum atomic E-state index is -4.96. The fourth-order valence-corrected chi connectivity index (χ4v) is 5.25. The smallest absolute Gasteiger partial charge is 0.333 e. The Morgan fingerprint density at radius 1 is 1.16 bits per heavy atom. The number of ether oxygens (including phenoxy) is 1. The summed E-state index contributed by atoms with van der Waals surface area (Å²) in [5.74, 6) is 3.01. The predicted molar refractivity (Wildman–Crippen MR) is 148 cm³/mol. The lowest BCUT2D eigenvalue weighted by Crippen LogP contribution is -2.13. The summed E-state index contributed by atoms with van der Waals surface area (Å²) in [6.07, 6.45) is 9.68. The molecule has 38 heavy (non-hydrogen) atoms. The lowest BCUT2D eigenvalue weighted by molar-refractivity contribution is 0.311. The lowest BCUT2D eigenvalue weighted by Gasteiger charge is -2.19. The Morgan fingerprint density at radius 2 is 1.95 bits per heavy atom. The summed E-state index contributed by atoms with van der Waals surface area (Å²) in [4.78, 5) is 20.7. The van der Waals surface area contributed by atoms with Gasteiger partial charge in [0.2, 0.25) is 0 Å². The lowest BCUT2D eigenvalue weighted by atomic mass is 10.0. The van der Waals surface area contributed by atoms with Crippen molar-refractivity contribution in [3.8, 4) is 29.2 Å². The highest BCUT2D eigenvalue weighted by Crippen LogP contribution is 2.37. The van der Waals surface area contributed by atoms with Gasteiger partial charge in [-0.2, -0.15) is 8.42 Å². The number of pyridine rings is 2. The summed E-state index contributed by atoms with van der Waals surface area (Å²) < 4.78 is 45.1. The molecule has 0 fully saturated rings. The van der Waals surface area contributed by atoms with Gasteiger partial charge < -0.3 is 14.3 Å². The van der Waals surface area contributed by atoms with E-state index in [1.165, 1.54) is 12.3 Å². The van der Waals surface area contributed by atoms with E-state index in [2.05, 4.69) is 15.9 Å². The highest BCUT2D eigenvalue weighted by molar-refractivity contribution is 7.86. The van der Waals surface area contributed by atoms with Crippen molar-refractivity contribution in [2.75, 3.05) is 6.61 Å². The third-order valence-corrected chi connectivity index (χ3v) is 7.38. The summed E-state index contributed by atoms with van der Waals surface area (Å²) in [6, 6.07) is 10.1. The molecule has 0 radical (unpaired) electrons. The van der Waals surface area contributed by atoms with Gasteiger partial charge in [0.1, 0.15) is 16.3 Å². The van der Waals surface area contributed by atoms with Crippen LogP contribution in [0.2, 0.25) is 0 Å². The van der Waals surface area contributed by atoms with Gasteiger partial charge in [0.25, 0.3) is 0 Å². The first-order valence-electron chi connectivity index (χ1n) is 12.3. The van der Waals surface area contributed by atoms with Gasteiger partial charge in [-0.15, -0.1) is 10.3 Å². The second kappa shape index (κ2) is 9.62. The highest BCUT2D eigenvalue weighted by Gasteiger charge is 2.22. The van der Waals surface area contributed by atoms with E-state index in [-0.39, 0.29) is 11.5 Å². The van der Waals surface area contributed by atoms with Gasteiger partial charge >= 0.3 is 10.2 Å². The molecule has 0 atom stereocenters. The Balaban J connectivity index is 1.89. The standard InChI is InChI=1S/C29H26FN3O4S/c1-5-7-10-37-26-14-23-25(13-22(26)19-12-20(16-31-15-19)38(30,35)36)33(17(3)4)29-27(28(23)34)21-9-8-18(6-2)11-24(21)32-29/h2,8-9,11-17,32H,5,7,10H2,1,3-4H3. The molecule has 3 heterocycles. The van der Waals surface area contributed by atoms with Crippen molar-refractivity contribution < 1.29 is 17.0 Å². The number of H-pyrrole nitrogens is 1. The average molecular weight is 532 g/mol. The average Bonchev–Trinajstić information content (AvgIpc) is 3.26. The van der Waals surface area contributed by atoms with E-state index in [0.717, 1.165) is 29.9 Å². The number of aromatic nitrogens is 3. The molecule has 0 saturated carbocycles. The van der Waals surface area contributed by atoms with Crippen LogP contribution in [0.15, 0.2) is 58.5 Å². The number of nitrogens with zero attached hydrogens (tertiary/aromatic N) is 2. The van der Waals surface area contributed by atoms with Crippen LogP contribution < -0.4 is 10.2 Å². The Hall–Kier alpha value is -4.16. The molecule has 0 spiro atoms. The van der Waals surface area contributed by atoms with Crippen molar-refractivity contribution in [1.82, 2.24) is 14.5 Å². The quantitative estimate of drug-likeness (QED) is 0.156. The molecule has 1 N–H and O–H groups in total. The minimum absolute atomic E-state index is 0.0591. The second-order valence-corrected chi connectivity index (χ2v) is 10.8. The molecule has 9 heteroatoms. The van der Waals surface area contributed by atoms with E-state index in [1.54, 1.807) is 18.2 Å². The SMILES string of the molecule is C#Cc1ccc2c(c1)[nH]c1c2c(=O)c2cc(OCCCC)c(-c3cncc(S(=O)(=O)F)c3)cc2n1C(C)C. The summed E-state index contributed by atoms with van der Waals surface area (Å²) in [5.41, 5.74) is 3.40. The zero-order chi connectivity index (χ0) is 27.2. The van der Waals surface area contributed by atoms with E-state index in [0.29, 0.717) is 51.0 Å². The number of benzene rings is 2. The van der Waals surface area contributed by atoms with Crippen LogP contribution in [-0.4, -0.2) is 29.6 Å². The zero-order valence-corrected chi connectivity index (χ0v) is 22.0. The van der Waals surface area contributed by atoms with Crippen LogP contribution in [-0.2, 0) is 10.2 Å². The monoisotopic (exact) mass is 531 g/mol. The van der Waals surface area contributed by atoms with E-state index in [1.807, 2.05) is 37.5 Å². The van der Waals surface area contributed by atoms with E-state index >= 15 is 0 Å². The molecule has 5 aromatic rings. The van der Waals surface area contributed by atoms with Gasteiger partial charge in [-0.05, 0) is 50.6 Å². The third-order valence-electron chi connectivity index (χ3n) is 6.59. The molecule has 0 aliphatic heterocycles. The Morgan fingerprint density at radius 3 is 2.63 bits per heavy atom. The number of hydrogen-bond donors (Lipinski definition) is 1. The largest absolute Gasteiger partial charge is 0.493 e. The van der Waals surface area contributed by atoms with Gasteiger partial charge in [0, 0.05) is 46.0 Å². The first-order valence-corrected chi connectivity index (χ1v) is 13.7. The zero-order valence-electron chi connectivity index (χ0n) is 21.2. The van der Waals surface area contributed by atoms with Crippen molar-refractivity contribution in [1.29, 1.82) is 0 Å². The van der Waals surface area contributed by atoms with Gasteiger partial charge in [0.05, 0.1) is 22.9 Å². The summed E-state index contributed by atoms with van der Waals surface area (Å²) in [7, 11) is -4.96. The molecule has 0 aliphatic rings. The molecule has 194 valence electrons. The van der Waals surface area contributed by atoms with Crippen LogP contribution in [0, 0.1) is 12.3 Å². The summed E-state index contributed by atoms with van der Waals surface area (Å²) >= 11 is 0. The number of fused-ring (bicyclic) bond motifs is 4. The molecule has 5 rings (SSSR count). The fraction of sp³-hybridized carbons (Fsp3) is 0.241. The second-order valence-electron chi connectivity index (χ2n) is 9.46. The van der Waals surface area contributed by atoms with Crippen LogP contribution in [0.3, 0.4) is 0 Å². The molecule has 0 saturated heterocycles. The molecule has 2 aromatic carbocycles. The van der Waals surface area contributed by atoms with Gasteiger partial charge in [-0.1, -0.05) is 25.3 Å². The Labute approximate surface area is 219 Å². The van der Waals surface area contributed by atoms with Crippen LogP contribution in [0.1, 0.15) is 45.2 Å². The first-order chi connectivity index (χ1) is 18.1. The highest BCUT2D eigenvalue weighted by atomic mass is 32.3. The van der Waals surface area contributed by atoms with E-state index in [9.17, 15) is 17.1 Å². The Kier molecular flexibility index (Phi) is 6.45. The topological polar surface area (TPSA) is 94.1 Å². The first kappa shape index (κ1) is 25.5. The minimum Gasteiger partial charge on any atom is -0.493 e. The number of rotatable bonds is 7. The maximum Gasteiger partial charge on any atom is 0.333 e. The van der Waals surface area contributed by atoms with E-state index in [4.69, 9.17) is 11.2 Å². The summed E-state index contributed by atoms with van der Waals surface area (Å²) in [6.45, 7) is 6.44. The van der Waals surface area contributed by atoms with Gasteiger partial charge in [0.15, 0.2) is 5.43 Å². The van der Waals surface area contributed by atoms with Gasteiger partial charge in [-0.3, -0.25) is 9.78 Å². The molecule has 0 amide bonds. The molecule has 0 aliphatic carbocycles. The third kappa shape index (κ3) is 4.31. The maximum absolute atomic E-state index is 13.9. The maximum atomic E-state index is 13.9. The fourth-order valence-electron chi connectivity index (χ4n) is 4.80. The number of nitrogens with one attached hydrogen (secondary N) is 1. The van der Waals surface area contributed by atoms with Gasteiger partial charge in [-0.25, -0.2) is 0 Å². The van der Waals surface area contributed by atoms with Crippen molar-refractivity contribution in [3.05, 3.63) is 64.6 Å². The van der Waals surface area contributed by atoms with Crippen LogP contribution in [0.25, 0.3) is 44.0 Å². The molecular weight excluding hydrogens is 505 g/mol. The number of aromatic amines is 1. The molecular formula is C29H26FN3O4S. The Bertz CT molecular complexity index is 1930. The molecule has 3 aromatic heterocycles. The van der Waals surface area contributed by atoms with E-state index < -0.39 is 15.1 Å². The van der Waals surface area contributed by atoms with Crippen LogP contribution in [0.5, 0.6) is 5.75 Å². The normalized spacial score (nSPS) is 12.0. The van der Waals surface area contributed by atoms with Crippen molar-refractivity contribution in [2.24, 2.45) is 0 Å². The number of halogens is 1. The number of unbranched alkanes of at least 4 members (excludes halogenated alkanes) is 1. The van der Waals surface area contributed by atoms with Crippen LogP contribution in [0.4, 0.5) is 3.89 Å². The predicted octanol–water partition coefficient (Wildman–Crippen LogP) is 6.10. The van der Waals surface area contributed by atoms with Crippen LogP contribution >= 0.6 is 0 Å². The van der Waals surface area contributed by atoms with Crippen molar-refractivity contribution in [2.45, 2.75) is 44.6 Å². The van der Waals surface area contributed by atoms with Crippen molar-refractivity contribution >= 4 is 43.1 Å². The number of hydrogen-bond acceptors (Lipinski definition) is 5. The molecule has 0 unspecified atom stereocenters. The van der Waals surface area contributed by atoms with Crippen molar-refractivity contribution in [3.63, 3.8) is 0 Å². The summed E-state index contributed by atoms with van der Waals surface area (Å²) in [5, 5.41) is 1.76. The molecule has 0 bridgehead atoms. The number of terminal acetylenes is 1. The molecule has 7 nitrogen and oxygen atoms in total.